The van der Waals surface area contributed by atoms with Crippen molar-refractivity contribution in [2.24, 2.45) is 34.5 Å². The minimum Gasteiger partial charge on any atom is -0.395 e. The molecule has 2 unspecified atom stereocenters. The summed E-state index contributed by atoms with van der Waals surface area (Å²) < 4.78 is 0. The Labute approximate surface area is 145 Å². The third-order valence-corrected chi connectivity index (χ3v) is 8.94. The number of carbonyl (C=O) groups excluding carboxylic acids is 1. The first-order chi connectivity index (χ1) is 11.3. The van der Waals surface area contributed by atoms with Gasteiger partial charge < -0.3 is 10.2 Å². The summed E-state index contributed by atoms with van der Waals surface area (Å²) in [7, 11) is 0. The van der Waals surface area contributed by atoms with Gasteiger partial charge in [0.25, 0.3) is 0 Å². The molecule has 4 aliphatic carbocycles. The molecule has 7 atom stereocenters. The highest BCUT2D eigenvalue weighted by molar-refractivity contribution is 5.85. The lowest BCUT2D eigenvalue weighted by molar-refractivity contribution is -0.134. The highest BCUT2D eigenvalue weighted by Crippen LogP contribution is 2.67. The lowest BCUT2D eigenvalue weighted by Crippen LogP contribution is -2.56. The fraction of sp³-hybridized carbons (Fsp3) is 0.857. The first-order valence-electron chi connectivity index (χ1n) is 9.83. The van der Waals surface area contributed by atoms with E-state index in [2.05, 4.69) is 13.0 Å². The molecule has 0 spiro atoms. The lowest BCUT2D eigenvalue weighted by Gasteiger charge is -2.59. The fourth-order valence-corrected chi connectivity index (χ4v) is 7.19. The maximum absolute atomic E-state index is 12.2. The molecule has 3 fully saturated rings. The van der Waals surface area contributed by atoms with Crippen LogP contribution in [0.5, 0.6) is 0 Å². The molecule has 0 saturated heterocycles. The summed E-state index contributed by atoms with van der Waals surface area (Å²) in [6.07, 6.45) is 8.88. The lowest BCUT2D eigenvalue weighted by atomic mass is 9.46. The second-order valence-electron chi connectivity index (χ2n) is 9.54. The highest BCUT2D eigenvalue weighted by atomic mass is 16.3. The summed E-state index contributed by atoms with van der Waals surface area (Å²) in [6.45, 7) is 6.53. The molecule has 24 heavy (non-hydrogen) atoms. The predicted molar refractivity (Wildman–Crippen MR) is 93.3 cm³/mol. The number of ketones is 1. The van der Waals surface area contributed by atoms with Gasteiger partial charge in [-0.15, -0.1) is 0 Å². The molecule has 3 nitrogen and oxygen atoms in total. The SMILES string of the molecule is CC1C(=O)CC[C@@]2(CO)C1=CC[C@@H]1[C@H]2CC[C@@]2(C)[C@H]1CCC2(C)O. The van der Waals surface area contributed by atoms with E-state index < -0.39 is 5.60 Å². The van der Waals surface area contributed by atoms with Crippen LogP contribution in [0, 0.1) is 34.5 Å². The van der Waals surface area contributed by atoms with Gasteiger partial charge in [-0.1, -0.05) is 25.5 Å². The Kier molecular flexibility index (Phi) is 3.61. The van der Waals surface area contributed by atoms with Gasteiger partial charge in [-0.2, -0.15) is 0 Å². The van der Waals surface area contributed by atoms with Crippen LogP contribution in [0.3, 0.4) is 0 Å². The van der Waals surface area contributed by atoms with Crippen LogP contribution in [-0.2, 0) is 4.79 Å². The van der Waals surface area contributed by atoms with Crippen molar-refractivity contribution in [3.05, 3.63) is 11.6 Å². The summed E-state index contributed by atoms with van der Waals surface area (Å²) in [5, 5.41) is 21.4. The molecule has 3 saturated carbocycles. The maximum Gasteiger partial charge on any atom is 0.139 e. The van der Waals surface area contributed by atoms with Gasteiger partial charge in [-0.25, -0.2) is 0 Å². The Bertz CT molecular complexity index is 592. The quantitative estimate of drug-likeness (QED) is 0.723. The van der Waals surface area contributed by atoms with Crippen molar-refractivity contribution in [3.8, 4) is 0 Å². The van der Waals surface area contributed by atoms with Crippen LogP contribution in [0.1, 0.15) is 65.7 Å². The topological polar surface area (TPSA) is 57.5 Å². The fourth-order valence-electron chi connectivity index (χ4n) is 7.19. The second-order valence-corrected chi connectivity index (χ2v) is 9.54. The van der Waals surface area contributed by atoms with Crippen molar-refractivity contribution in [2.75, 3.05) is 6.61 Å². The molecular formula is C21H32O3. The van der Waals surface area contributed by atoms with Crippen LogP contribution in [-0.4, -0.2) is 28.2 Å². The third kappa shape index (κ3) is 1.89. The summed E-state index contributed by atoms with van der Waals surface area (Å²) in [4.78, 5) is 12.2. The van der Waals surface area contributed by atoms with E-state index in [1.807, 2.05) is 13.8 Å². The van der Waals surface area contributed by atoms with Crippen LogP contribution in [0.25, 0.3) is 0 Å². The van der Waals surface area contributed by atoms with Crippen molar-refractivity contribution < 1.29 is 15.0 Å². The summed E-state index contributed by atoms with van der Waals surface area (Å²) in [6, 6.07) is 0. The molecule has 0 aromatic heterocycles. The standard InChI is InChI=1S/C21H32O3/c1-13-15-5-4-14-16-7-10-20(3,24)19(16,2)9-6-17(14)21(15,12-22)11-8-18(13)23/h5,13-14,16-17,22,24H,4,6-12H2,1-3H3/t13?,14-,16-,17+,19-,20?,21+/m0/s1. The molecule has 0 aliphatic heterocycles. The molecule has 3 heteroatoms. The van der Waals surface area contributed by atoms with Gasteiger partial charge in [-0.3, -0.25) is 4.79 Å². The van der Waals surface area contributed by atoms with E-state index in [4.69, 9.17) is 0 Å². The summed E-state index contributed by atoms with van der Waals surface area (Å²) in [5.74, 6) is 1.89. The number of rotatable bonds is 1. The van der Waals surface area contributed by atoms with E-state index in [9.17, 15) is 15.0 Å². The van der Waals surface area contributed by atoms with Crippen molar-refractivity contribution in [2.45, 2.75) is 71.3 Å². The molecule has 2 N–H and O–H groups in total. The second kappa shape index (κ2) is 5.17. The van der Waals surface area contributed by atoms with E-state index in [-0.39, 0.29) is 23.4 Å². The predicted octanol–water partition coefficient (Wildman–Crippen LogP) is 3.49. The molecule has 0 bridgehead atoms. The Morgan fingerprint density at radius 2 is 1.88 bits per heavy atom. The van der Waals surface area contributed by atoms with E-state index in [1.165, 1.54) is 5.57 Å². The molecule has 0 heterocycles. The van der Waals surface area contributed by atoms with Crippen molar-refractivity contribution in [1.82, 2.24) is 0 Å². The number of aliphatic hydroxyl groups is 2. The van der Waals surface area contributed by atoms with Crippen LogP contribution in [0.4, 0.5) is 0 Å². The first-order valence-corrected chi connectivity index (χ1v) is 9.83. The van der Waals surface area contributed by atoms with E-state index in [0.717, 1.165) is 38.5 Å². The van der Waals surface area contributed by atoms with Gasteiger partial charge in [0.1, 0.15) is 5.78 Å². The maximum atomic E-state index is 12.2. The molecule has 4 aliphatic rings. The molecule has 0 aromatic carbocycles. The highest BCUT2D eigenvalue weighted by Gasteiger charge is 2.63. The van der Waals surface area contributed by atoms with E-state index >= 15 is 0 Å². The number of hydrogen-bond donors (Lipinski definition) is 2. The molecule has 0 amide bonds. The summed E-state index contributed by atoms with van der Waals surface area (Å²) >= 11 is 0. The van der Waals surface area contributed by atoms with Gasteiger partial charge in [0.15, 0.2) is 0 Å². The number of fused-ring (bicyclic) bond motifs is 5. The van der Waals surface area contributed by atoms with Gasteiger partial charge in [-0.05, 0) is 68.6 Å². The monoisotopic (exact) mass is 332 g/mol. The number of allylic oxidation sites excluding steroid dienone is 1. The Morgan fingerprint density at radius 1 is 1.17 bits per heavy atom. The largest absolute Gasteiger partial charge is 0.395 e. The molecule has 134 valence electrons. The van der Waals surface area contributed by atoms with Gasteiger partial charge >= 0.3 is 0 Å². The smallest absolute Gasteiger partial charge is 0.139 e. The van der Waals surface area contributed by atoms with Crippen LogP contribution in [0.15, 0.2) is 11.6 Å². The zero-order valence-electron chi connectivity index (χ0n) is 15.3. The average Bonchev–Trinajstić information content (AvgIpc) is 2.80. The number of Topliss-reactive ketones (excluding diaryl/α,β-unsaturated/α-hetero) is 1. The van der Waals surface area contributed by atoms with Crippen LogP contribution < -0.4 is 0 Å². The van der Waals surface area contributed by atoms with Gasteiger partial charge in [0.2, 0.25) is 0 Å². The molecule has 4 rings (SSSR count). The summed E-state index contributed by atoms with van der Waals surface area (Å²) in [5.41, 5.74) is 0.503. The normalized spacial score (nSPS) is 53.9. The van der Waals surface area contributed by atoms with Gasteiger partial charge in [0, 0.05) is 17.8 Å². The Balaban J connectivity index is 1.75. The van der Waals surface area contributed by atoms with E-state index in [0.29, 0.717) is 30.0 Å². The zero-order valence-corrected chi connectivity index (χ0v) is 15.3. The number of carbonyl (C=O) groups is 1. The Hall–Kier alpha value is -0.670. The third-order valence-electron chi connectivity index (χ3n) is 8.94. The Morgan fingerprint density at radius 3 is 2.58 bits per heavy atom. The first kappa shape index (κ1) is 16.8. The number of aliphatic hydroxyl groups excluding tert-OH is 1. The van der Waals surface area contributed by atoms with Crippen molar-refractivity contribution in [1.29, 1.82) is 0 Å². The van der Waals surface area contributed by atoms with Crippen LogP contribution >= 0.6 is 0 Å². The van der Waals surface area contributed by atoms with Crippen molar-refractivity contribution >= 4 is 5.78 Å². The van der Waals surface area contributed by atoms with Gasteiger partial charge in [0.05, 0.1) is 12.2 Å². The molecule has 0 radical (unpaired) electrons. The minimum absolute atomic E-state index is 0.00621. The van der Waals surface area contributed by atoms with E-state index in [1.54, 1.807) is 0 Å². The molecule has 0 aromatic rings. The van der Waals surface area contributed by atoms with Crippen molar-refractivity contribution in [3.63, 3.8) is 0 Å². The minimum atomic E-state index is -0.561. The van der Waals surface area contributed by atoms with Crippen LogP contribution in [0.2, 0.25) is 0 Å². The number of hydrogen-bond acceptors (Lipinski definition) is 3. The zero-order chi connectivity index (χ0) is 17.3. The molecular weight excluding hydrogens is 300 g/mol. The average molecular weight is 332 g/mol.